The second kappa shape index (κ2) is 4.87. The molecule has 0 aromatic heterocycles. The molecule has 1 aromatic rings. The second-order valence-corrected chi connectivity index (χ2v) is 3.01. The predicted molar refractivity (Wildman–Crippen MR) is 50.4 cm³/mol. The standard InChI is InChI=1S/C9H8F3N3O/c10-9(11,12)7-4-2-1-3-6(7)8(16)5-14-15-13/h1-4,8,16H,5H2/t8-/m0/s1. The Morgan fingerprint density at radius 1 is 1.38 bits per heavy atom. The third-order valence-corrected chi connectivity index (χ3v) is 1.94. The van der Waals surface area contributed by atoms with Crippen LogP contribution in [0.4, 0.5) is 13.2 Å². The number of benzene rings is 1. The molecule has 0 saturated heterocycles. The molecule has 16 heavy (non-hydrogen) atoms. The molecule has 1 N–H and O–H groups in total. The predicted octanol–water partition coefficient (Wildman–Crippen LogP) is 3.05. The average molecular weight is 231 g/mol. The molecule has 0 bridgehead atoms. The Bertz CT molecular complexity index is 413. The van der Waals surface area contributed by atoms with E-state index in [4.69, 9.17) is 5.53 Å². The summed E-state index contributed by atoms with van der Waals surface area (Å²) in [4.78, 5) is 2.38. The van der Waals surface area contributed by atoms with Crippen LogP contribution in [0.5, 0.6) is 0 Å². The van der Waals surface area contributed by atoms with Gasteiger partial charge in [-0.05, 0) is 17.2 Å². The molecule has 7 heteroatoms. The van der Waals surface area contributed by atoms with Gasteiger partial charge in [-0.15, -0.1) is 0 Å². The third-order valence-electron chi connectivity index (χ3n) is 1.94. The molecule has 1 atom stereocenters. The molecule has 0 radical (unpaired) electrons. The Hall–Kier alpha value is -1.72. The van der Waals surface area contributed by atoms with Gasteiger partial charge in [-0.3, -0.25) is 0 Å². The summed E-state index contributed by atoms with van der Waals surface area (Å²) in [6, 6.07) is 4.63. The van der Waals surface area contributed by atoms with Crippen LogP contribution >= 0.6 is 0 Å². The number of aliphatic hydroxyl groups is 1. The highest BCUT2D eigenvalue weighted by Gasteiger charge is 2.34. The van der Waals surface area contributed by atoms with Crippen molar-refractivity contribution in [3.63, 3.8) is 0 Å². The molecule has 0 fully saturated rings. The average Bonchev–Trinajstić information content (AvgIpc) is 2.24. The largest absolute Gasteiger partial charge is 0.416 e. The second-order valence-electron chi connectivity index (χ2n) is 3.01. The molecule has 0 unspecified atom stereocenters. The van der Waals surface area contributed by atoms with E-state index in [-0.39, 0.29) is 5.56 Å². The number of azide groups is 1. The van der Waals surface area contributed by atoms with Gasteiger partial charge < -0.3 is 5.11 Å². The van der Waals surface area contributed by atoms with Crippen molar-refractivity contribution in [2.75, 3.05) is 6.54 Å². The van der Waals surface area contributed by atoms with E-state index < -0.39 is 24.4 Å². The molecule has 0 amide bonds. The van der Waals surface area contributed by atoms with Crippen LogP contribution < -0.4 is 0 Å². The molecule has 0 spiro atoms. The van der Waals surface area contributed by atoms with Crippen LogP contribution in [0.25, 0.3) is 10.4 Å². The van der Waals surface area contributed by atoms with Crippen LogP contribution in [0.3, 0.4) is 0 Å². The Kier molecular flexibility index (Phi) is 3.76. The monoisotopic (exact) mass is 231 g/mol. The van der Waals surface area contributed by atoms with E-state index in [1.165, 1.54) is 12.1 Å². The minimum absolute atomic E-state index is 0.289. The van der Waals surface area contributed by atoms with Gasteiger partial charge in [0.05, 0.1) is 18.2 Å². The van der Waals surface area contributed by atoms with Gasteiger partial charge in [-0.2, -0.15) is 13.2 Å². The molecule has 0 aliphatic heterocycles. The van der Waals surface area contributed by atoms with Crippen molar-refractivity contribution in [3.05, 3.63) is 45.8 Å². The molecular weight excluding hydrogens is 223 g/mol. The highest BCUT2D eigenvalue weighted by molar-refractivity contribution is 5.31. The fourth-order valence-corrected chi connectivity index (χ4v) is 1.26. The lowest BCUT2D eigenvalue weighted by atomic mass is 10.0. The first-order chi connectivity index (χ1) is 7.46. The summed E-state index contributed by atoms with van der Waals surface area (Å²) in [6.45, 7) is -0.427. The van der Waals surface area contributed by atoms with Gasteiger partial charge in [0.25, 0.3) is 0 Å². The fraction of sp³-hybridized carbons (Fsp3) is 0.333. The van der Waals surface area contributed by atoms with Gasteiger partial charge >= 0.3 is 6.18 Å². The molecule has 4 nitrogen and oxygen atoms in total. The SMILES string of the molecule is [N-]=[N+]=NC[C@H](O)c1ccccc1C(F)(F)F. The van der Waals surface area contributed by atoms with Gasteiger partial charge in [-0.1, -0.05) is 23.3 Å². The topological polar surface area (TPSA) is 69.0 Å². The zero-order chi connectivity index (χ0) is 12.2. The molecule has 1 rings (SSSR count). The van der Waals surface area contributed by atoms with E-state index in [0.717, 1.165) is 12.1 Å². The maximum atomic E-state index is 12.5. The molecule has 0 saturated carbocycles. The first-order valence-electron chi connectivity index (χ1n) is 4.32. The Morgan fingerprint density at radius 2 is 2.00 bits per heavy atom. The van der Waals surface area contributed by atoms with Crippen molar-refractivity contribution in [1.82, 2.24) is 0 Å². The normalized spacial score (nSPS) is 13.0. The van der Waals surface area contributed by atoms with E-state index in [1.807, 2.05) is 0 Å². The highest BCUT2D eigenvalue weighted by Crippen LogP contribution is 2.34. The van der Waals surface area contributed by atoms with Gasteiger partial charge in [0.15, 0.2) is 0 Å². The van der Waals surface area contributed by atoms with Crippen LogP contribution in [0.2, 0.25) is 0 Å². The van der Waals surface area contributed by atoms with E-state index in [2.05, 4.69) is 10.0 Å². The molecule has 0 heterocycles. The van der Waals surface area contributed by atoms with E-state index in [0.29, 0.717) is 0 Å². The number of rotatable bonds is 3. The molecule has 0 aliphatic rings. The molecule has 1 aromatic carbocycles. The first-order valence-corrected chi connectivity index (χ1v) is 4.32. The summed E-state index contributed by atoms with van der Waals surface area (Å²) in [7, 11) is 0. The quantitative estimate of drug-likeness (QED) is 0.484. The summed E-state index contributed by atoms with van der Waals surface area (Å²) in [6.07, 6.45) is -5.98. The van der Waals surface area contributed by atoms with Crippen LogP contribution in [0, 0.1) is 0 Å². The lowest BCUT2D eigenvalue weighted by Gasteiger charge is -2.15. The Labute approximate surface area is 89.0 Å². The summed E-state index contributed by atoms with van der Waals surface area (Å²) in [5.74, 6) is 0. The molecule has 86 valence electrons. The van der Waals surface area contributed by atoms with Gasteiger partial charge in [0.1, 0.15) is 0 Å². The maximum Gasteiger partial charge on any atom is 0.416 e. The summed E-state index contributed by atoms with van der Waals surface area (Å²) in [5, 5.41) is 12.5. The summed E-state index contributed by atoms with van der Waals surface area (Å²) in [5.41, 5.74) is 6.81. The van der Waals surface area contributed by atoms with E-state index >= 15 is 0 Å². The first kappa shape index (κ1) is 12.4. The van der Waals surface area contributed by atoms with Gasteiger partial charge in [0.2, 0.25) is 0 Å². The van der Waals surface area contributed by atoms with Crippen molar-refractivity contribution < 1.29 is 18.3 Å². The van der Waals surface area contributed by atoms with Crippen molar-refractivity contribution in [3.8, 4) is 0 Å². The van der Waals surface area contributed by atoms with Crippen LogP contribution in [-0.2, 0) is 6.18 Å². The lowest BCUT2D eigenvalue weighted by Crippen LogP contribution is -2.13. The van der Waals surface area contributed by atoms with Crippen molar-refractivity contribution in [2.24, 2.45) is 5.11 Å². The van der Waals surface area contributed by atoms with Crippen molar-refractivity contribution in [2.45, 2.75) is 12.3 Å². The zero-order valence-corrected chi connectivity index (χ0v) is 8.02. The summed E-state index contributed by atoms with van der Waals surface area (Å²) >= 11 is 0. The number of hydrogen-bond acceptors (Lipinski definition) is 2. The number of nitrogens with zero attached hydrogens (tertiary/aromatic N) is 3. The zero-order valence-electron chi connectivity index (χ0n) is 8.02. The summed E-state index contributed by atoms with van der Waals surface area (Å²) < 4.78 is 37.5. The maximum absolute atomic E-state index is 12.5. The smallest absolute Gasteiger partial charge is 0.388 e. The van der Waals surface area contributed by atoms with Crippen LogP contribution in [0.1, 0.15) is 17.2 Å². The Morgan fingerprint density at radius 3 is 2.56 bits per heavy atom. The van der Waals surface area contributed by atoms with Gasteiger partial charge in [0, 0.05) is 4.91 Å². The highest BCUT2D eigenvalue weighted by atomic mass is 19.4. The van der Waals surface area contributed by atoms with E-state index in [9.17, 15) is 18.3 Å². The molecule has 0 aliphatic carbocycles. The Balaban J connectivity index is 3.08. The third kappa shape index (κ3) is 2.88. The van der Waals surface area contributed by atoms with E-state index in [1.54, 1.807) is 0 Å². The van der Waals surface area contributed by atoms with Crippen LogP contribution in [-0.4, -0.2) is 11.7 Å². The lowest BCUT2D eigenvalue weighted by molar-refractivity contribution is -0.139. The van der Waals surface area contributed by atoms with Crippen molar-refractivity contribution >= 4 is 0 Å². The number of hydrogen-bond donors (Lipinski definition) is 1. The minimum atomic E-state index is -4.53. The van der Waals surface area contributed by atoms with Gasteiger partial charge in [-0.25, -0.2) is 0 Å². The molecular formula is C9H8F3N3O. The minimum Gasteiger partial charge on any atom is -0.388 e. The number of aliphatic hydroxyl groups excluding tert-OH is 1. The van der Waals surface area contributed by atoms with Crippen molar-refractivity contribution in [1.29, 1.82) is 0 Å². The number of halogens is 3. The fourth-order valence-electron chi connectivity index (χ4n) is 1.26. The number of alkyl halides is 3. The van der Waals surface area contributed by atoms with Crippen LogP contribution in [0.15, 0.2) is 29.4 Å².